The first-order valence-corrected chi connectivity index (χ1v) is 6.69. The predicted molar refractivity (Wildman–Crippen MR) is 86.7 cm³/mol. The molecular formula is C16H15N3O4. The minimum Gasteiger partial charge on any atom is -0.497 e. The van der Waals surface area contributed by atoms with Gasteiger partial charge in [0.1, 0.15) is 12.0 Å². The van der Waals surface area contributed by atoms with Crippen molar-refractivity contribution < 1.29 is 19.2 Å². The zero-order valence-corrected chi connectivity index (χ0v) is 12.4. The summed E-state index contributed by atoms with van der Waals surface area (Å²) in [6.07, 6.45) is 0.0825. The first-order chi connectivity index (χ1) is 11.2. The molecule has 0 saturated carbocycles. The summed E-state index contributed by atoms with van der Waals surface area (Å²) in [6.45, 7) is 0. The summed E-state index contributed by atoms with van der Waals surface area (Å²) < 4.78 is 5.01. The van der Waals surface area contributed by atoms with Crippen LogP contribution in [0.4, 0.5) is 16.2 Å². The Morgan fingerprint density at radius 1 is 0.957 bits per heavy atom. The van der Waals surface area contributed by atoms with Gasteiger partial charge in [-0.3, -0.25) is 14.9 Å². The van der Waals surface area contributed by atoms with Crippen molar-refractivity contribution in [2.45, 2.75) is 0 Å². The van der Waals surface area contributed by atoms with Crippen LogP contribution in [0.15, 0.2) is 59.8 Å². The van der Waals surface area contributed by atoms with Crippen LogP contribution >= 0.6 is 0 Å². The number of carbonyl (C=O) groups excluding carboxylic acids is 2. The molecule has 23 heavy (non-hydrogen) atoms. The number of nitrogens with zero attached hydrogens (tertiary/aromatic N) is 1. The van der Waals surface area contributed by atoms with Crippen LogP contribution in [0.2, 0.25) is 0 Å². The lowest BCUT2D eigenvalue weighted by Crippen LogP contribution is -2.15. The second-order valence-corrected chi connectivity index (χ2v) is 4.32. The van der Waals surface area contributed by atoms with Gasteiger partial charge in [-0.1, -0.05) is 23.4 Å². The molecule has 2 aromatic rings. The smallest absolute Gasteiger partial charge is 0.437 e. The number of carbonyl (C=O) groups is 2. The Morgan fingerprint density at radius 2 is 1.61 bits per heavy atom. The number of ether oxygens (including phenoxy) is 1. The third-order valence-corrected chi connectivity index (χ3v) is 2.68. The van der Waals surface area contributed by atoms with E-state index < -0.39 is 12.0 Å². The van der Waals surface area contributed by atoms with E-state index in [9.17, 15) is 9.59 Å². The summed E-state index contributed by atoms with van der Waals surface area (Å²) in [4.78, 5) is 27.6. The number of rotatable bonds is 5. The zero-order chi connectivity index (χ0) is 16.5. The van der Waals surface area contributed by atoms with E-state index in [2.05, 4.69) is 20.6 Å². The molecule has 0 fully saturated rings. The molecule has 2 amide bonds. The van der Waals surface area contributed by atoms with E-state index in [1.165, 1.54) is 0 Å². The molecule has 7 heteroatoms. The van der Waals surface area contributed by atoms with Crippen LogP contribution in [0.1, 0.15) is 0 Å². The molecule has 2 rings (SSSR count). The lowest BCUT2D eigenvalue weighted by atomic mass is 10.3. The average Bonchev–Trinajstić information content (AvgIpc) is 2.56. The van der Waals surface area contributed by atoms with Crippen LogP contribution in [0.5, 0.6) is 5.75 Å². The maximum Gasteiger partial charge on any atom is 0.437 e. The second kappa shape index (κ2) is 8.18. The predicted octanol–water partition coefficient (Wildman–Crippen LogP) is 2.87. The number of hydrogen-bond donors (Lipinski definition) is 2. The number of amides is 2. The minimum absolute atomic E-state index is 0.525. The van der Waals surface area contributed by atoms with E-state index in [-0.39, 0.29) is 0 Å². The van der Waals surface area contributed by atoms with Crippen LogP contribution in [0.3, 0.4) is 0 Å². The zero-order valence-electron chi connectivity index (χ0n) is 12.4. The third kappa shape index (κ3) is 5.50. The normalized spacial score (nSPS) is 10.1. The molecule has 0 bridgehead atoms. The van der Waals surface area contributed by atoms with Crippen LogP contribution in [0.25, 0.3) is 0 Å². The van der Waals surface area contributed by atoms with Gasteiger partial charge in [-0.25, -0.2) is 4.79 Å². The Morgan fingerprint density at radius 3 is 2.26 bits per heavy atom. The van der Waals surface area contributed by atoms with E-state index in [1.54, 1.807) is 55.6 Å². The summed E-state index contributed by atoms with van der Waals surface area (Å²) in [6, 6.07) is 15.5. The highest BCUT2D eigenvalue weighted by Crippen LogP contribution is 2.14. The summed E-state index contributed by atoms with van der Waals surface area (Å²) >= 11 is 0. The molecule has 0 spiro atoms. The van der Waals surface area contributed by atoms with Gasteiger partial charge in [0.25, 0.3) is 5.91 Å². The number of anilines is 2. The summed E-state index contributed by atoms with van der Waals surface area (Å²) in [5.41, 5.74) is 1.13. The van der Waals surface area contributed by atoms with Gasteiger partial charge in [0.05, 0.1) is 7.11 Å². The van der Waals surface area contributed by atoms with Crippen molar-refractivity contribution in [3.63, 3.8) is 0 Å². The Labute approximate surface area is 132 Å². The quantitative estimate of drug-likeness (QED) is 0.504. The standard InChI is InChI=1S/C16H15N3O4/c1-22-14-9-7-13(8-10-14)18-15(20)11-17-23-16(21)19-12-5-3-2-4-6-12/h2-11H,1H3,(H,18,20)(H,19,21). The number of methoxy groups -OCH3 is 1. The van der Waals surface area contributed by atoms with Crippen LogP contribution < -0.4 is 15.4 Å². The SMILES string of the molecule is COc1ccc(NC(=O)C=NOC(=O)Nc2ccccc2)cc1. The highest BCUT2D eigenvalue weighted by Gasteiger charge is 2.03. The molecule has 0 aliphatic heterocycles. The molecule has 2 aromatic carbocycles. The first kappa shape index (κ1) is 16.0. The molecule has 0 unspecified atom stereocenters. The van der Waals surface area contributed by atoms with E-state index >= 15 is 0 Å². The summed E-state index contributed by atoms with van der Waals surface area (Å²) in [7, 11) is 1.55. The molecule has 0 aliphatic rings. The van der Waals surface area contributed by atoms with Crippen LogP contribution in [-0.2, 0) is 9.63 Å². The van der Waals surface area contributed by atoms with Gasteiger partial charge in [-0.15, -0.1) is 0 Å². The van der Waals surface area contributed by atoms with E-state index in [4.69, 9.17) is 4.74 Å². The molecule has 2 N–H and O–H groups in total. The summed E-state index contributed by atoms with van der Waals surface area (Å²) in [5.74, 6) is 0.153. The number of nitrogens with one attached hydrogen (secondary N) is 2. The number of hydrogen-bond acceptors (Lipinski definition) is 5. The van der Waals surface area contributed by atoms with Gasteiger partial charge in [-0.05, 0) is 36.4 Å². The maximum absolute atomic E-state index is 11.6. The van der Waals surface area contributed by atoms with Gasteiger partial charge in [0.2, 0.25) is 0 Å². The molecule has 0 radical (unpaired) electrons. The monoisotopic (exact) mass is 313 g/mol. The lowest BCUT2D eigenvalue weighted by Gasteiger charge is -2.03. The fraction of sp³-hybridized carbons (Fsp3) is 0.0625. The maximum atomic E-state index is 11.6. The lowest BCUT2D eigenvalue weighted by molar-refractivity contribution is -0.110. The molecular weight excluding hydrogens is 298 g/mol. The van der Waals surface area contributed by atoms with Crippen LogP contribution in [0, 0.1) is 0 Å². The van der Waals surface area contributed by atoms with Crippen molar-refractivity contribution in [1.82, 2.24) is 0 Å². The minimum atomic E-state index is -0.787. The highest BCUT2D eigenvalue weighted by molar-refractivity contribution is 6.31. The van der Waals surface area contributed by atoms with Crippen molar-refractivity contribution in [2.75, 3.05) is 17.7 Å². The number of benzene rings is 2. The highest BCUT2D eigenvalue weighted by atomic mass is 16.7. The summed E-state index contributed by atoms with van der Waals surface area (Å²) in [5, 5.41) is 8.34. The largest absolute Gasteiger partial charge is 0.497 e. The number of oxime groups is 1. The van der Waals surface area contributed by atoms with E-state index in [0.717, 1.165) is 6.21 Å². The fourth-order valence-corrected chi connectivity index (χ4v) is 1.63. The van der Waals surface area contributed by atoms with Crippen molar-refractivity contribution in [1.29, 1.82) is 0 Å². The molecule has 0 atom stereocenters. The van der Waals surface area contributed by atoms with Crippen molar-refractivity contribution in [3.05, 3.63) is 54.6 Å². The van der Waals surface area contributed by atoms with Gasteiger partial charge < -0.3 is 10.1 Å². The Balaban J connectivity index is 1.78. The fourth-order valence-electron chi connectivity index (χ4n) is 1.63. The molecule has 0 aromatic heterocycles. The average molecular weight is 313 g/mol. The van der Waals surface area contributed by atoms with Gasteiger partial charge in [-0.2, -0.15) is 0 Å². The molecule has 0 saturated heterocycles. The van der Waals surface area contributed by atoms with Crippen molar-refractivity contribution >= 4 is 29.6 Å². The number of para-hydroxylation sites is 1. The van der Waals surface area contributed by atoms with Crippen molar-refractivity contribution in [3.8, 4) is 5.75 Å². The van der Waals surface area contributed by atoms with E-state index in [1.807, 2.05) is 6.07 Å². The van der Waals surface area contributed by atoms with Gasteiger partial charge in [0, 0.05) is 11.4 Å². The Kier molecular flexibility index (Phi) is 5.70. The van der Waals surface area contributed by atoms with Gasteiger partial charge >= 0.3 is 6.09 Å². The second-order valence-electron chi connectivity index (χ2n) is 4.32. The third-order valence-electron chi connectivity index (χ3n) is 2.68. The Hall–Kier alpha value is -3.35. The molecule has 0 aliphatic carbocycles. The van der Waals surface area contributed by atoms with Crippen LogP contribution in [-0.4, -0.2) is 25.3 Å². The molecule has 118 valence electrons. The topological polar surface area (TPSA) is 89.0 Å². The first-order valence-electron chi connectivity index (χ1n) is 6.69. The molecule has 7 nitrogen and oxygen atoms in total. The van der Waals surface area contributed by atoms with Crippen molar-refractivity contribution in [2.24, 2.45) is 5.16 Å². The van der Waals surface area contributed by atoms with Gasteiger partial charge in [0.15, 0.2) is 0 Å². The Bertz CT molecular complexity index is 684. The van der Waals surface area contributed by atoms with E-state index in [0.29, 0.717) is 17.1 Å². The molecule has 0 heterocycles.